The summed E-state index contributed by atoms with van der Waals surface area (Å²) in [6.45, 7) is 3.39. The van der Waals surface area contributed by atoms with E-state index in [4.69, 9.17) is 5.73 Å². The molecule has 0 bridgehead atoms. The van der Waals surface area contributed by atoms with E-state index in [0.717, 1.165) is 0 Å². The standard InChI is InChI=1S/C11H15N3O3/c1-7(2)14(6-10(12)16)11(17)8-3-9(15)5-13-4-8/h3-5,7,15H,6H2,1-2H3,(H2,12,16). The van der Waals surface area contributed by atoms with Crippen LogP contribution in [0.1, 0.15) is 24.2 Å². The first-order valence-corrected chi connectivity index (χ1v) is 5.15. The Bertz CT molecular complexity index is 432. The highest BCUT2D eigenvalue weighted by atomic mass is 16.3. The average molecular weight is 237 g/mol. The van der Waals surface area contributed by atoms with Crippen LogP contribution in [-0.2, 0) is 4.79 Å². The highest BCUT2D eigenvalue weighted by Gasteiger charge is 2.20. The Morgan fingerprint density at radius 3 is 2.59 bits per heavy atom. The second kappa shape index (κ2) is 5.29. The molecule has 1 heterocycles. The molecule has 0 fully saturated rings. The molecule has 0 saturated carbocycles. The number of aromatic hydroxyl groups is 1. The third kappa shape index (κ3) is 3.44. The van der Waals surface area contributed by atoms with Gasteiger partial charge in [-0.3, -0.25) is 14.6 Å². The lowest BCUT2D eigenvalue weighted by atomic mass is 10.2. The van der Waals surface area contributed by atoms with Crippen molar-refractivity contribution in [2.45, 2.75) is 19.9 Å². The zero-order valence-electron chi connectivity index (χ0n) is 9.75. The molecule has 0 spiro atoms. The normalized spacial score (nSPS) is 10.3. The second-order valence-corrected chi connectivity index (χ2v) is 3.92. The van der Waals surface area contributed by atoms with Crippen molar-refractivity contribution in [3.63, 3.8) is 0 Å². The van der Waals surface area contributed by atoms with Crippen molar-refractivity contribution in [3.8, 4) is 5.75 Å². The summed E-state index contributed by atoms with van der Waals surface area (Å²) in [5.41, 5.74) is 5.30. The highest BCUT2D eigenvalue weighted by molar-refractivity contribution is 5.96. The van der Waals surface area contributed by atoms with Crippen molar-refractivity contribution >= 4 is 11.8 Å². The van der Waals surface area contributed by atoms with Crippen LogP contribution in [0, 0.1) is 0 Å². The fourth-order valence-corrected chi connectivity index (χ4v) is 1.37. The maximum absolute atomic E-state index is 12.0. The van der Waals surface area contributed by atoms with Crippen LogP contribution in [-0.4, -0.2) is 39.4 Å². The Morgan fingerprint density at radius 2 is 2.12 bits per heavy atom. The molecule has 6 nitrogen and oxygen atoms in total. The second-order valence-electron chi connectivity index (χ2n) is 3.92. The molecular weight excluding hydrogens is 222 g/mol. The van der Waals surface area contributed by atoms with E-state index in [1.54, 1.807) is 13.8 Å². The summed E-state index contributed by atoms with van der Waals surface area (Å²) in [5.74, 6) is -1.07. The molecule has 0 atom stereocenters. The highest BCUT2D eigenvalue weighted by Crippen LogP contribution is 2.12. The van der Waals surface area contributed by atoms with Gasteiger partial charge in [-0.15, -0.1) is 0 Å². The number of pyridine rings is 1. The predicted molar refractivity (Wildman–Crippen MR) is 61.3 cm³/mol. The van der Waals surface area contributed by atoms with Gasteiger partial charge in [0.15, 0.2) is 0 Å². The van der Waals surface area contributed by atoms with Gasteiger partial charge in [-0.1, -0.05) is 0 Å². The summed E-state index contributed by atoms with van der Waals surface area (Å²) >= 11 is 0. The first kappa shape index (κ1) is 13.0. The van der Waals surface area contributed by atoms with Gasteiger partial charge in [0, 0.05) is 12.2 Å². The Hall–Kier alpha value is -2.11. The summed E-state index contributed by atoms with van der Waals surface area (Å²) in [5, 5.41) is 9.24. The number of amides is 2. The van der Waals surface area contributed by atoms with Gasteiger partial charge >= 0.3 is 0 Å². The minimum absolute atomic E-state index is 0.0985. The van der Waals surface area contributed by atoms with Crippen LogP contribution in [0.2, 0.25) is 0 Å². The van der Waals surface area contributed by atoms with Gasteiger partial charge < -0.3 is 15.7 Å². The molecular formula is C11H15N3O3. The number of rotatable bonds is 4. The SMILES string of the molecule is CC(C)N(CC(N)=O)C(=O)c1cncc(O)c1. The molecule has 1 rings (SSSR count). The Kier molecular flexibility index (Phi) is 4.03. The molecule has 0 aliphatic heterocycles. The van der Waals surface area contributed by atoms with E-state index in [-0.39, 0.29) is 29.8 Å². The van der Waals surface area contributed by atoms with Gasteiger partial charge in [-0.2, -0.15) is 0 Å². The molecule has 0 aliphatic rings. The van der Waals surface area contributed by atoms with Crippen LogP contribution in [0.3, 0.4) is 0 Å². The van der Waals surface area contributed by atoms with E-state index in [9.17, 15) is 14.7 Å². The van der Waals surface area contributed by atoms with Gasteiger partial charge in [0.2, 0.25) is 5.91 Å². The largest absolute Gasteiger partial charge is 0.506 e. The van der Waals surface area contributed by atoms with Crippen LogP contribution in [0.15, 0.2) is 18.5 Å². The van der Waals surface area contributed by atoms with E-state index in [1.807, 2.05) is 0 Å². The molecule has 6 heteroatoms. The number of hydrogen-bond acceptors (Lipinski definition) is 4. The molecule has 1 aromatic heterocycles. The topological polar surface area (TPSA) is 96.5 Å². The third-order valence-electron chi connectivity index (χ3n) is 2.18. The molecule has 0 radical (unpaired) electrons. The van der Waals surface area contributed by atoms with Crippen molar-refractivity contribution < 1.29 is 14.7 Å². The predicted octanol–water partition coefficient (Wildman–Crippen LogP) is 0.123. The van der Waals surface area contributed by atoms with Gasteiger partial charge in [0.1, 0.15) is 5.75 Å². The first-order chi connectivity index (χ1) is 7.91. The van der Waals surface area contributed by atoms with Crippen LogP contribution in [0.4, 0.5) is 0 Å². The van der Waals surface area contributed by atoms with E-state index >= 15 is 0 Å². The van der Waals surface area contributed by atoms with Crippen molar-refractivity contribution in [2.24, 2.45) is 5.73 Å². The number of hydrogen-bond donors (Lipinski definition) is 2. The summed E-state index contributed by atoms with van der Waals surface area (Å²) in [6.07, 6.45) is 2.56. The summed E-state index contributed by atoms with van der Waals surface area (Å²) in [6, 6.07) is 1.13. The monoisotopic (exact) mass is 237 g/mol. The quantitative estimate of drug-likeness (QED) is 0.777. The van der Waals surface area contributed by atoms with E-state index < -0.39 is 5.91 Å². The van der Waals surface area contributed by atoms with Gasteiger partial charge in [0.25, 0.3) is 5.91 Å². The molecule has 1 aromatic rings. The summed E-state index contributed by atoms with van der Waals surface area (Å²) < 4.78 is 0. The maximum atomic E-state index is 12.0. The Morgan fingerprint density at radius 1 is 1.47 bits per heavy atom. The number of aromatic nitrogens is 1. The van der Waals surface area contributed by atoms with Crippen LogP contribution in [0.5, 0.6) is 5.75 Å². The zero-order valence-corrected chi connectivity index (χ0v) is 9.75. The van der Waals surface area contributed by atoms with Crippen LogP contribution < -0.4 is 5.73 Å². The van der Waals surface area contributed by atoms with Gasteiger partial charge in [-0.25, -0.2) is 0 Å². The van der Waals surface area contributed by atoms with E-state index in [2.05, 4.69) is 4.98 Å². The van der Waals surface area contributed by atoms with Crippen molar-refractivity contribution in [1.82, 2.24) is 9.88 Å². The average Bonchev–Trinajstić information content (AvgIpc) is 2.24. The molecule has 3 N–H and O–H groups in total. The molecule has 92 valence electrons. The Balaban J connectivity index is 2.95. The van der Waals surface area contributed by atoms with E-state index in [0.29, 0.717) is 0 Å². The minimum Gasteiger partial charge on any atom is -0.506 e. The number of nitrogens with zero attached hydrogens (tertiary/aromatic N) is 2. The number of carbonyl (C=O) groups is 2. The van der Waals surface area contributed by atoms with Gasteiger partial charge in [-0.05, 0) is 19.9 Å². The number of nitrogens with two attached hydrogens (primary N) is 1. The lowest BCUT2D eigenvalue weighted by Gasteiger charge is -2.25. The minimum atomic E-state index is -0.583. The lowest BCUT2D eigenvalue weighted by Crippen LogP contribution is -2.42. The molecule has 0 aromatic carbocycles. The smallest absolute Gasteiger partial charge is 0.256 e. The summed E-state index contributed by atoms with van der Waals surface area (Å²) in [4.78, 5) is 28.0. The van der Waals surface area contributed by atoms with Crippen molar-refractivity contribution in [1.29, 1.82) is 0 Å². The third-order valence-corrected chi connectivity index (χ3v) is 2.18. The molecule has 0 saturated heterocycles. The fourth-order valence-electron chi connectivity index (χ4n) is 1.37. The molecule has 2 amide bonds. The van der Waals surface area contributed by atoms with E-state index in [1.165, 1.54) is 23.4 Å². The zero-order chi connectivity index (χ0) is 13.0. The fraction of sp³-hybridized carbons (Fsp3) is 0.364. The van der Waals surface area contributed by atoms with Gasteiger partial charge in [0.05, 0.1) is 18.3 Å². The molecule has 0 aliphatic carbocycles. The maximum Gasteiger partial charge on any atom is 0.256 e. The van der Waals surface area contributed by atoms with Crippen molar-refractivity contribution in [3.05, 3.63) is 24.0 Å². The summed E-state index contributed by atoms with van der Waals surface area (Å²) in [7, 11) is 0. The molecule has 0 unspecified atom stereocenters. The van der Waals surface area contributed by atoms with Crippen LogP contribution >= 0.6 is 0 Å². The Labute approximate surface area is 99.1 Å². The lowest BCUT2D eigenvalue weighted by molar-refractivity contribution is -0.119. The number of primary amides is 1. The van der Waals surface area contributed by atoms with Crippen molar-refractivity contribution in [2.75, 3.05) is 6.54 Å². The number of carbonyl (C=O) groups excluding carboxylic acids is 2. The molecule has 17 heavy (non-hydrogen) atoms. The van der Waals surface area contributed by atoms with Crippen LogP contribution in [0.25, 0.3) is 0 Å². The first-order valence-electron chi connectivity index (χ1n) is 5.15.